The highest BCUT2D eigenvalue weighted by Crippen LogP contribution is 2.31. The molecule has 0 aromatic rings. The maximum absolute atomic E-state index is 12.6. The predicted octanol–water partition coefficient (Wildman–Crippen LogP) is 0.866. The van der Waals surface area contributed by atoms with E-state index in [1.807, 2.05) is 0 Å². The van der Waals surface area contributed by atoms with Crippen molar-refractivity contribution in [1.82, 2.24) is 0 Å². The summed E-state index contributed by atoms with van der Waals surface area (Å²) in [5, 5.41) is 0. The van der Waals surface area contributed by atoms with Crippen LogP contribution in [0.5, 0.6) is 0 Å². The molecule has 0 heterocycles. The van der Waals surface area contributed by atoms with Gasteiger partial charge in [0.1, 0.15) is 0 Å². The van der Waals surface area contributed by atoms with E-state index in [4.69, 9.17) is 4.74 Å². The average Bonchev–Trinajstić information content (AvgIpc) is 3.05. The second kappa shape index (κ2) is 8.37. The van der Waals surface area contributed by atoms with Gasteiger partial charge in [-0.3, -0.25) is 9.59 Å². The number of methoxy groups -OCH3 is 1. The van der Waals surface area contributed by atoms with Gasteiger partial charge in [0.15, 0.2) is 5.78 Å². The zero-order chi connectivity index (χ0) is 18.3. The first-order chi connectivity index (χ1) is 11.2. The summed E-state index contributed by atoms with van der Waals surface area (Å²) in [5.74, 6) is -5.16. The lowest BCUT2D eigenvalue weighted by atomic mass is 9.88. The standard InChI is InChI=1S/C16H20O8/c1-10(17)23-15(21)16(2,14(20)11-6-4-5-7-11)24-13(19)9-8-12(18)22-3/h8-9,11H,4-7H2,1-3H3. The number of hydrogen-bond acceptors (Lipinski definition) is 8. The van der Waals surface area contributed by atoms with Gasteiger partial charge in [-0.1, -0.05) is 12.8 Å². The molecule has 24 heavy (non-hydrogen) atoms. The van der Waals surface area contributed by atoms with E-state index < -0.39 is 41.2 Å². The molecule has 1 aliphatic carbocycles. The number of rotatable bonds is 6. The summed E-state index contributed by atoms with van der Waals surface area (Å²) in [7, 11) is 1.12. The van der Waals surface area contributed by atoms with Gasteiger partial charge >= 0.3 is 23.9 Å². The predicted molar refractivity (Wildman–Crippen MR) is 79.4 cm³/mol. The summed E-state index contributed by atoms with van der Waals surface area (Å²) >= 11 is 0. The van der Waals surface area contributed by atoms with Crippen LogP contribution in [0.3, 0.4) is 0 Å². The van der Waals surface area contributed by atoms with Gasteiger partial charge in [-0.2, -0.15) is 0 Å². The third kappa shape index (κ3) is 5.00. The van der Waals surface area contributed by atoms with Gasteiger partial charge in [0.2, 0.25) is 0 Å². The molecule has 1 rings (SSSR count). The van der Waals surface area contributed by atoms with Crippen molar-refractivity contribution in [2.45, 2.75) is 45.1 Å². The van der Waals surface area contributed by atoms with Gasteiger partial charge in [0, 0.05) is 25.0 Å². The van der Waals surface area contributed by atoms with Crippen LogP contribution in [0.15, 0.2) is 12.2 Å². The third-order valence-electron chi connectivity index (χ3n) is 3.68. The lowest BCUT2D eigenvalue weighted by Crippen LogP contribution is -2.51. The zero-order valence-corrected chi connectivity index (χ0v) is 13.8. The molecular weight excluding hydrogens is 320 g/mol. The highest BCUT2D eigenvalue weighted by atomic mass is 16.6. The van der Waals surface area contributed by atoms with E-state index in [1.54, 1.807) is 0 Å². The van der Waals surface area contributed by atoms with Crippen molar-refractivity contribution in [2.75, 3.05) is 7.11 Å². The van der Waals surface area contributed by atoms with Crippen LogP contribution in [0, 0.1) is 5.92 Å². The van der Waals surface area contributed by atoms with Crippen LogP contribution in [0.4, 0.5) is 0 Å². The monoisotopic (exact) mass is 340 g/mol. The van der Waals surface area contributed by atoms with E-state index in [-0.39, 0.29) is 0 Å². The minimum atomic E-state index is -2.25. The third-order valence-corrected chi connectivity index (χ3v) is 3.68. The first-order valence-electron chi connectivity index (χ1n) is 7.47. The quantitative estimate of drug-likeness (QED) is 0.303. The zero-order valence-electron chi connectivity index (χ0n) is 13.8. The second-order valence-corrected chi connectivity index (χ2v) is 5.54. The summed E-state index contributed by atoms with van der Waals surface area (Å²) in [5.41, 5.74) is -2.25. The van der Waals surface area contributed by atoms with E-state index in [1.165, 1.54) is 0 Å². The number of carbonyl (C=O) groups is 5. The molecule has 1 atom stereocenters. The van der Waals surface area contributed by atoms with Crippen LogP contribution in [-0.2, 0) is 38.2 Å². The van der Waals surface area contributed by atoms with Gasteiger partial charge in [0.25, 0.3) is 5.60 Å². The van der Waals surface area contributed by atoms with Gasteiger partial charge < -0.3 is 14.2 Å². The molecule has 0 saturated heterocycles. The van der Waals surface area contributed by atoms with Crippen molar-refractivity contribution in [3.8, 4) is 0 Å². The molecule has 8 nitrogen and oxygen atoms in total. The van der Waals surface area contributed by atoms with E-state index in [2.05, 4.69) is 9.47 Å². The normalized spacial score (nSPS) is 17.1. The van der Waals surface area contributed by atoms with Gasteiger partial charge in [-0.25, -0.2) is 14.4 Å². The smallest absolute Gasteiger partial charge is 0.365 e. The molecular formula is C16H20O8. The molecule has 8 heteroatoms. The van der Waals surface area contributed by atoms with Crippen LogP contribution in [0.1, 0.15) is 39.5 Å². The first kappa shape index (κ1) is 19.5. The Morgan fingerprint density at radius 2 is 1.54 bits per heavy atom. The molecule has 132 valence electrons. The van der Waals surface area contributed by atoms with E-state index in [0.717, 1.165) is 46.0 Å². The van der Waals surface area contributed by atoms with Crippen molar-refractivity contribution >= 4 is 29.7 Å². The maximum Gasteiger partial charge on any atom is 0.365 e. The van der Waals surface area contributed by atoms with Crippen LogP contribution in [0.2, 0.25) is 0 Å². The highest BCUT2D eigenvalue weighted by molar-refractivity contribution is 6.11. The van der Waals surface area contributed by atoms with E-state index >= 15 is 0 Å². The van der Waals surface area contributed by atoms with Crippen molar-refractivity contribution < 1.29 is 38.2 Å². The molecule has 0 aromatic carbocycles. The number of ether oxygens (including phenoxy) is 3. The lowest BCUT2D eigenvalue weighted by Gasteiger charge is -2.27. The minimum absolute atomic E-state index is 0.452. The average molecular weight is 340 g/mol. The maximum atomic E-state index is 12.6. The molecule has 0 spiro atoms. The summed E-state index contributed by atoms with van der Waals surface area (Å²) < 4.78 is 13.7. The summed E-state index contributed by atoms with van der Waals surface area (Å²) in [4.78, 5) is 58.6. The number of Topliss-reactive ketones (excluding diaryl/α,β-unsaturated/α-hetero) is 1. The fourth-order valence-corrected chi connectivity index (χ4v) is 2.44. The Bertz CT molecular complexity index is 571. The Kier molecular flexibility index (Phi) is 6.82. The Morgan fingerprint density at radius 1 is 1.00 bits per heavy atom. The van der Waals surface area contributed by atoms with E-state index in [9.17, 15) is 24.0 Å². The van der Waals surface area contributed by atoms with Crippen LogP contribution in [0.25, 0.3) is 0 Å². The molecule has 0 radical (unpaired) electrons. The number of ketones is 1. The van der Waals surface area contributed by atoms with Crippen molar-refractivity contribution in [1.29, 1.82) is 0 Å². The Hall–Kier alpha value is -2.51. The fraction of sp³-hybridized carbons (Fsp3) is 0.562. The van der Waals surface area contributed by atoms with Gasteiger partial charge in [-0.05, 0) is 19.8 Å². The van der Waals surface area contributed by atoms with Crippen molar-refractivity contribution in [3.05, 3.63) is 12.2 Å². The summed E-state index contributed by atoms with van der Waals surface area (Å²) in [6, 6.07) is 0. The van der Waals surface area contributed by atoms with Crippen molar-refractivity contribution in [3.63, 3.8) is 0 Å². The van der Waals surface area contributed by atoms with Gasteiger partial charge in [-0.15, -0.1) is 0 Å². The molecule has 1 saturated carbocycles. The Labute approximate surface area is 139 Å². The molecule has 0 N–H and O–H groups in total. The lowest BCUT2D eigenvalue weighted by molar-refractivity contribution is -0.185. The number of esters is 4. The molecule has 0 aromatic heterocycles. The first-order valence-corrected chi connectivity index (χ1v) is 7.47. The fourth-order valence-electron chi connectivity index (χ4n) is 2.44. The summed E-state index contributed by atoms with van der Waals surface area (Å²) in [6.07, 6.45) is 4.30. The number of hydrogen-bond donors (Lipinski definition) is 0. The molecule has 1 unspecified atom stereocenters. The largest absolute Gasteiger partial charge is 0.466 e. The topological polar surface area (TPSA) is 113 Å². The van der Waals surface area contributed by atoms with E-state index in [0.29, 0.717) is 12.8 Å². The SMILES string of the molecule is COC(=O)C=CC(=O)OC(C)(C(=O)OC(C)=O)C(=O)C1CCCC1. The molecule has 1 fully saturated rings. The second-order valence-electron chi connectivity index (χ2n) is 5.54. The highest BCUT2D eigenvalue weighted by Gasteiger charge is 2.50. The molecule has 0 amide bonds. The van der Waals surface area contributed by atoms with Crippen LogP contribution >= 0.6 is 0 Å². The molecule has 0 bridgehead atoms. The Balaban J connectivity index is 2.99. The van der Waals surface area contributed by atoms with Crippen LogP contribution < -0.4 is 0 Å². The molecule has 0 aliphatic heterocycles. The summed E-state index contributed by atoms with van der Waals surface area (Å²) in [6.45, 7) is 2.08. The number of carbonyl (C=O) groups excluding carboxylic acids is 5. The molecule has 1 aliphatic rings. The minimum Gasteiger partial charge on any atom is -0.466 e. The van der Waals surface area contributed by atoms with Gasteiger partial charge in [0.05, 0.1) is 7.11 Å². The Morgan fingerprint density at radius 3 is 2.04 bits per heavy atom. The van der Waals surface area contributed by atoms with Crippen molar-refractivity contribution in [2.24, 2.45) is 5.92 Å². The van der Waals surface area contributed by atoms with Crippen LogP contribution in [-0.4, -0.2) is 42.4 Å².